The van der Waals surface area contributed by atoms with Crippen molar-refractivity contribution in [1.82, 2.24) is 24.7 Å². The molecule has 2 aliphatic rings. The van der Waals surface area contributed by atoms with Crippen LogP contribution in [0.3, 0.4) is 0 Å². The van der Waals surface area contributed by atoms with Gasteiger partial charge in [0.1, 0.15) is 23.7 Å². The van der Waals surface area contributed by atoms with Crippen molar-refractivity contribution in [2.45, 2.75) is 44.8 Å². The maximum Gasteiger partial charge on any atom is 0.417 e. The molecule has 2 aliphatic heterocycles. The van der Waals surface area contributed by atoms with Gasteiger partial charge in [-0.2, -0.15) is 18.3 Å². The Kier molecular flexibility index (Phi) is 5.80. The molecule has 186 valence electrons. The predicted molar refractivity (Wildman–Crippen MR) is 116 cm³/mol. The van der Waals surface area contributed by atoms with Crippen molar-refractivity contribution in [2.75, 3.05) is 29.4 Å². The monoisotopic (exact) mass is 495 g/mol. The lowest BCUT2D eigenvalue weighted by Gasteiger charge is -2.47. The van der Waals surface area contributed by atoms with E-state index < -0.39 is 24.7 Å². The van der Waals surface area contributed by atoms with Crippen LogP contribution in [0.4, 0.5) is 33.6 Å². The van der Waals surface area contributed by atoms with Crippen molar-refractivity contribution in [3.05, 3.63) is 36.3 Å². The highest BCUT2D eigenvalue weighted by Crippen LogP contribution is 2.42. The number of carbonyl (C=O) groups excluding carboxylic acids is 1. The first-order valence-corrected chi connectivity index (χ1v) is 11.2. The molecule has 2 fully saturated rings. The van der Waals surface area contributed by atoms with Gasteiger partial charge in [0, 0.05) is 32.3 Å². The second kappa shape index (κ2) is 8.68. The van der Waals surface area contributed by atoms with Crippen molar-refractivity contribution in [1.29, 1.82) is 0 Å². The number of anilines is 2. The molecule has 35 heavy (non-hydrogen) atoms. The molecule has 0 aliphatic carbocycles. The molecule has 2 saturated heterocycles. The third-order valence-electron chi connectivity index (χ3n) is 6.81. The molecule has 0 radical (unpaired) electrons. The number of hydrogen-bond donors (Lipinski definition) is 0. The highest BCUT2D eigenvalue weighted by Gasteiger charge is 2.42. The summed E-state index contributed by atoms with van der Waals surface area (Å²) in [6.45, 7) is 1.05. The highest BCUT2D eigenvalue weighted by molar-refractivity contribution is 5.93. The fourth-order valence-corrected chi connectivity index (χ4v) is 4.81. The van der Waals surface area contributed by atoms with Crippen LogP contribution in [0.15, 0.2) is 30.7 Å². The lowest BCUT2D eigenvalue weighted by molar-refractivity contribution is -0.137. The van der Waals surface area contributed by atoms with E-state index in [4.69, 9.17) is 0 Å². The quantitative estimate of drug-likeness (QED) is 0.511. The van der Waals surface area contributed by atoms with Crippen LogP contribution in [0.1, 0.15) is 31.2 Å². The average molecular weight is 495 g/mol. The molecule has 8 nitrogen and oxygen atoms in total. The lowest BCUT2D eigenvalue weighted by Crippen LogP contribution is -2.52. The molecule has 13 heteroatoms. The van der Waals surface area contributed by atoms with E-state index in [2.05, 4.69) is 20.1 Å². The Morgan fingerprint density at radius 2 is 1.77 bits per heavy atom. The normalized spacial score (nSPS) is 18.7. The van der Waals surface area contributed by atoms with E-state index in [0.29, 0.717) is 49.5 Å². The van der Waals surface area contributed by atoms with Crippen LogP contribution in [0, 0.1) is 5.41 Å². The second-order valence-electron chi connectivity index (χ2n) is 9.02. The van der Waals surface area contributed by atoms with E-state index in [1.807, 2.05) is 4.90 Å². The number of halogens is 5. The van der Waals surface area contributed by atoms with Gasteiger partial charge in [-0.1, -0.05) is 0 Å². The Morgan fingerprint density at radius 3 is 2.43 bits per heavy atom. The molecule has 5 rings (SSSR count). The first-order valence-electron chi connectivity index (χ1n) is 11.2. The van der Waals surface area contributed by atoms with Crippen molar-refractivity contribution in [3.63, 3.8) is 0 Å². The van der Waals surface area contributed by atoms with Crippen molar-refractivity contribution in [3.8, 4) is 0 Å². The van der Waals surface area contributed by atoms with E-state index in [-0.39, 0.29) is 17.1 Å². The highest BCUT2D eigenvalue weighted by atomic mass is 19.4. The lowest BCUT2D eigenvalue weighted by atomic mass is 9.72. The minimum Gasteiger partial charge on any atom is -0.355 e. The minimum atomic E-state index is -4.49. The number of fused-ring (bicyclic) bond motifs is 1. The molecular weight excluding hydrogens is 473 g/mol. The SMILES string of the molecule is O=C1CCC2(CCN(c3cnc4cnn(CC(F)F)c4n3)CC2)CN1c1ccc(C(F)(F)F)cn1. The fraction of sp³-hybridized carbons (Fsp3) is 0.500. The largest absolute Gasteiger partial charge is 0.417 e. The predicted octanol–water partition coefficient (Wildman–Crippen LogP) is 3.92. The number of alkyl halides is 5. The summed E-state index contributed by atoms with van der Waals surface area (Å²) in [5.74, 6) is 0.624. The molecule has 0 unspecified atom stereocenters. The maximum atomic E-state index is 12.9. The molecule has 0 bridgehead atoms. The zero-order valence-electron chi connectivity index (χ0n) is 18.5. The molecule has 1 spiro atoms. The van der Waals surface area contributed by atoms with E-state index in [1.54, 1.807) is 6.20 Å². The molecule has 0 N–H and O–H groups in total. The zero-order valence-corrected chi connectivity index (χ0v) is 18.5. The number of rotatable bonds is 4. The van der Waals surface area contributed by atoms with E-state index in [0.717, 1.165) is 29.8 Å². The number of amides is 1. The Bertz CT molecular complexity index is 1220. The first kappa shape index (κ1) is 23.4. The van der Waals surface area contributed by atoms with E-state index >= 15 is 0 Å². The van der Waals surface area contributed by atoms with Crippen LogP contribution in [-0.4, -0.2) is 56.7 Å². The number of piperidine rings is 2. The number of pyridine rings is 1. The Morgan fingerprint density at radius 1 is 1.00 bits per heavy atom. The standard InChI is InChI=1S/C22H22F5N7O/c23-16(24)12-34-20-15(10-30-34)28-11-18(31-20)32-7-5-21(6-8-32)4-3-19(35)33(13-21)17-2-1-14(9-29-17)22(25,26)27/h1-2,9-11,16H,3-8,12-13H2. The molecule has 3 aromatic rings. The summed E-state index contributed by atoms with van der Waals surface area (Å²) in [6.07, 6.45) is -0.867. The second-order valence-corrected chi connectivity index (χ2v) is 9.02. The van der Waals surface area contributed by atoms with Gasteiger partial charge in [0.2, 0.25) is 5.91 Å². The summed E-state index contributed by atoms with van der Waals surface area (Å²) in [4.78, 5) is 28.8. The number of carbonyl (C=O) groups is 1. The molecule has 0 aromatic carbocycles. The molecule has 0 saturated carbocycles. The Hall–Kier alpha value is -3.38. The summed E-state index contributed by atoms with van der Waals surface area (Å²) in [5.41, 5.74) is -0.315. The third kappa shape index (κ3) is 4.63. The van der Waals surface area contributed by atoms with Gasteiger partial charge in [-0.25, -0.2) is 28.4 Å². The van der Waals surface area contributed by atoms with E-state index in [1.165, 1.54) is 17.2 Å². The summed E-state index contributed by atoms with van der Waals surface area (Å²) >= 11 is 0. The Labute approximate surface area is 196 Å². The van der Waals surface area contributed by atoms with Crippen LogP contribution < -0.4 is 9.80 Å². The topological polar surface area (TPSA) is 80.0 Å². The van der Waals surface area contributed by atoms with E-state index in [9.17, 15) is 26.7 Å². The minimum absolute atomic E-state index is 0.158. The first-order chi connectivity index (χ1) is 16.6. The van der Waals surface area contributed by atoms with Gasteiger partial charge in [-0.3, -0.25) is 9.69 Å². The summed E-state index contributed by atoms with van der Waals surface area (Å²) < 4.78 is 65.4. The van der Waals surface area contributed by atoms with Crippen LogP contribution >= 0.6 is 0 Å². The van der Waals surface area contributed by atoms with Crippen LogP contribution in [0.2, 0.25) is 0 Å². The number of nitrogens with zero attached hydrogens (tertiary/aromatic N) is 7. The fourth-order valence-electron chi connectivity index (χ4n) is 4.81. The molecule has 5 heterocycles. The van der Waals surface area contributed by atoms with Crippen LogP contribution in [0.25, 0.3) is 11.2 Å². The summed E-state index contributed by atoms with van der Waals surface area (Å²) in [7, 11) is 0. The van der Waals surface area contributed by atoms with Gasteiger partial charge in [-0.05, 0) is 36.8 Å². The Balaban J connectivity index is 1.29. The third-order valence-corrected chi connectivity index (χ3v) is 6.81. The van der Waals surface area contributed by atoms with Crippen LogP contribution in [-0.2, 0) is 17.5 Å². The zero-order chi connectivity index (χ0) is 24.8. The molecule has 0 atom stereocenters. The maximum absolute atomic E-state index is 12.9. The molecule has 3 aromatic heterocycles. The molecular formula is C22H22F5N7O. The van der Waals surface area contributed by atoms with Gasteiger partial charge in [0.25, 0.3) is 6.43 Å². The van der Waals surface area contributed by atoms with Crippen LogP contribution in [0.5, 0.6) is 0 Å². The summed E-state index contributed by atoms with van der Waals surface area (Å²) in [6, 6.07) is 2.18. The van der Waals surface area contributed by atoms with Crippen molar-refractivity contribution in [2.24, 2.45) is 5.41 Å². The van der Waals surface area contributed by atoms with Gasteiger partial charge in [0.15, 0.2) is 5.65 Å². The average Bonchev–Trinajstić information content (AvgIpc) is 3.22. The van der Waals surface area contributed by atoms with Gasteiger partial charge in [-0.15, -0.1) is 0 Å². The van der Waals surface area contributed by atoms with Gasteiger partial charge in [0.05, 0.1) is 18.0 Å². The van der Waals surface area contributed by atoms with Gasteiger partial charge >= 0.3 is 6.18 Å². The summed E-state index contributed by atoms with van der Waals surface area (Å²) in [5, 5.41) is 3.94. The number of aromatic nitrogens is 5. The van der Waals surface area contributed by atoms with Gasteiger partial charge < -0.3 is 4.90 Å². The number of hydrogen-bond acceptors (Lipinski definition) is 6. The molecule has 1 amide bonds. The van der Waals surface area contributed by atoms with Crippen molar-refractivity contribution < 1.29 is 26.7 Å². The smallest absolute Gasteiger partial charge is 0.355 e. The van der Waals surface area contributed by atoms with Crippen molar-refractivity contribution >= 4 is 28.7 Å².